The van der Waals surface area contributed by atoms with Crippen LogP contribution in [0.1, 0.15) is 52.4 Å². The average molecular weight is 198 g/mol. The predicted octanol–water partition coefficient (Wildman–Crippen LogP) is 3.91. The summed E-state index contributed by atoms with van der Waals surface area (Å²) < 4.78 is 0.261. The molecule has 2 aliphatic carbocycles. The average Bonchev–Trinajstić information content (AvgIpc) is 2.45. The van der Waals surface area contributed by atoms with Crippen LogP contribution in [0, 0.1) is 17.8 Å². The van der Waals surface area contributed by atoms with Crippen molar-refractivity contribution < 1.29 is 0 Å². The quantitative estimate of drug-likeness (QED) is 0.607. The minimum Gasteiger partial charge on any atom is -0.173 e. The van der Waals surface area contributed by atoms with Crippen LogP contribution in [-0.4, -0.2) is 4.75 Å². The minimum absolute atomic E-state index is 0.261. The maximum Gasteiger partial charge on any atom is 0.0101 e. The van der Waals surface area contributed by atoms with Gasteiger partial charge < -0.3 is 0 Å². The Labute approximate surface area is 87.9 Å². The SMILES string of the molecule is CC(C)(S)C1CC2CCCCC2C1. The number of hydrogen-bond donors (Lipinski definition) is 1. The van der Waals surface area contributed by atoms with E-state index in [0.717, 1.165) is 17.8 Å². The van der Waals surface area contributed by atoms with Gasteiger partial charge in [0.2, 0.25) is 0 Å². The molecule has 0 aromatic rings. The van der Waals surface area contributed by atoms with Crippen molar-refractivity contribution in [2.75, 3.05) is 0 Å². The van der Waals surface area contributed by atoms with Crippen molar-refractivity contribution in [2.45, 2.75) is 57.1 Å². The Morgan fingerprint density at radius 1 is 1.00 bits per heavy atom. The standard InChI is InChI=1S/C12H22S/c1-12(2,13)11-7-9-5-3-4-6-10(9)8-11/h9-11,13H,3-8H2,1-2H3. The lowest BCUT2D eigenvalue weighted by Crippen LogP contribution is -2.22. The molecule has 2 saturated carbocycles. The van der Waals surface area contributed by atoms with Gasteiger partial charge in [-0.3, -0.25) is 0 Å². The monoisotopic (exact) mass is 198 g/mol. The van der Waals surface area contributed by atoms with Crippen LogP contribution in [0.15, 0.2) is 0 Å². The second-order valence-corrected chi connectivity index (χ2v) is 6.78. The van der Waals surface area contributed by atoms with E-state index in [0.29, 0.717) is 0 Å². The molecule has 0 aromatic heterocycles. The number of fused-ring (bicyclic) bond motifs is 1. The molecule has 0 bridgehead atoms. The highest BCUT2D eigenvalue weighted by Gasteiger charge is 2.40. The van der Waals surface area contributed by atoms with E-state index in [9.17, 15) is 0 Å². The summed E-state index contributed by atoms with van der Waals surface area (Å²) in [7, 11) is 0. The Morgan fingerprint density at radius 2 is 1.46 bits per heavy atom. The molecule has 2 aliphatic rings. The molecule has 0 spiro atoms. The fourth-order valence-corrected chi connectivity index (χ4v) is 3.52. The molecule has 2 unspecified atom stereocenters. The van der Waals surface area contributed by atoms with Crippen LogP contribution >= 0.6 is 12.6 Å². The lowest BCUT2D eigenvalue weighted by molar-refractivity contribution is 0.277. The molecule has 13 heavy (non-hydrogen) atoms. The summed E-state index contributed by atoms with van der Waals surface area (Å²) in [5.41, 5.74) is 0. The second kappa shape index (κ2) is 3.49. The summed E-state index contributed by atoms with van der Waals surface area (Å²) >= 11 is 4.73. The molecule has 0 nitrogen and oxygen atoms in total. The molecule has 0 saturated heterocycles. The Kier molecular flexibility index (Phi) is 2.65. The Hall–Kier alpha value is 0.350. The molecule has 2 rings (SSSR count). The zero-order chi connectivity index (χ0) is 9.47. The fraction of sp³-hybridized carbons (Fsp3) is 1.00. The van der Waals surface area contributed by atoms with Gasteiger partial charge in [-0.2, -0.15) is 12.6 Å². The van der Waals surface area contributed by atoms with Gasteiger partial charge in [0, 0.05) is 4.75 Å². The Morgan fingerprint density at radius 3 is 1.85 bits per heavy atom. The lowest BCUT2D eigenvalue weighted by atomic mass is 9.82. The first-order valence-corrected chi connectivity index (χ1v) is 6.24. The summed E-state index contributed by atoms with van der Waals surface area (Å²) in [6, 6.07) is 0. The smallest absolute Gasteiger partial charge is 0.0101 e. The summed E-state index contributed by atoms with van der Waals surface area (Å²) in [6.45, 7) is 4.58. The van der Waals surface area contributed by atoms with Gasteiger partial charge in [-0.05, 0) is 30.6 Å². The molecular formula is C12H22S. The topological polar surface area (TPSA) is 0 Å². The highest BCUT2D eigenvalue weighted by Crippen LogP contribution is 2.49. The first kappa shape index (κ1) is 9.89. The third-order valence-electron chi connectivity index (χ3n) is 4.24. The van der Waals surface area contributed by atoms with Gasteiger partial charge in [0.1, 0.15) is 0 Å². The molecule has 0 N–H and O–H groups in total. The first-order valence-electron chi connectivity index (χ1n) is 5.80. The zero-order valence-electron chi connectivity index (χ0n) is 8.92. The fourth-order valence-electron chi connectivity index (χ4n) is 3.31. The van der Waals surface area contributed by atoms with Crippen LogP contribution < -0.4 is 0 Å². The Balaban J connectivity index is 1.99. The van der Waals surface area contributed by atoms with E-state index in [4.69, 9.17) is 12.6 Å². The predicted molar refractivity (Wildman–Crippen MR) is 61.2 cm³/mol. The molecule has 1 heteroatoms. The van der Waals surface area contributed by atoms with E-state index in [-0.39, 0.29) is 4.75 Å². The van der Waals surface area contributed by atoms with Crippen LogP contribution in [0.25, 0.3) is 0 Å². The van der Waals surface area contributed by atoms with E-state index in [1.807, 2.05) is 0 Å². The van der Waals surface area contributed by atoms with Crippen LogP contribution in [0.4, 0.5) is 0 Å². The van der Waals surface area contributed by atoms with Gasteiger partial charge in [-0.25, -0.2) is 0 Å². The van der Waals surface area contributed by atoms with Gasteiger partial charge in [0.05, 0.1) is 0 Å². The van der Waals surface area contributed by atoms with Crippen LogP contribution in [-0.2, 0) is 0 Å². The molecule has 0 aliphatic heterocycles. The van der Waals surface area contributed by atoms with Crippen molar-refractivity contribution in [1.29, 1.82) is 0 Å². The second-order valence-electron chi connectivity index (χ2n) is 5.63. The first-order chi connectivity index (χ1) is 6.07. The highest BCUT2D eigenvalue weighted by atomic mass is 32.1. The third kappa shape index (κ3) is 2.06. The molecule has 0 radical (unpaired) electrons. The van der Waals surface area contributed by atoms with Crippen molar-refractivity contribution in [3.8, 4) is 0 Å². The maximum absolute atomic E-state index is 4.73. The van der Waals surface area contributed by atoms with E-state index in [2.05, 4.69) is 13.8 Å². The summed E-state index contributed by atoms with van der Waals surface area (Å²) in [5.74, 6) is 3.00. The van der Waals surface area contributed by atoms with E-state index in [1.54, 1.807) is 0 Å². The van der Waals surface area contributed by atoms with E-state index in [1.165, 1.54) is 38.5 Å². The summed E-state index contributed by atoms with van der Waals surface area (Å²) in [6.07, 6.45) is 8.90. The number of thiol groups is 1. The number of rotatable bonds is 1. The molecule has 2 atom stereocenters. The molecule has 0 amide bonds. The maximum atomic E-state index is 4.73. The van der Waals surface area contributed by atoms with E-state index < -0.39 is 0 Å². The van der Waals surface area contributed by atoms with Crippen molar-refractivity contribution >= 4 is 12.6 Å². The number of hydrogen-bond acceptors (Lipinski definition) is 1. The van der Waals surface area contributed by atoms with Crippen LogP contribution in [0.2, 0.25) is 0 Å². The van der Waals surface area contributed by atoms with E-state index >= 15 is 0 Å². The van der Waals surface area contributed by atoms with Crippen molar-refractivity contribution in [3.63, 3.8) is 0 Å². The Bertz CT molecular complexity index is 166. The third-order valence-corrected chi connectivity index (χ3v) is 4.61. The molecular weight excluding hydrogens is 176 g/mol. The molecule has 2 fully saturated rings. The van der Waals surface area contributed by atoms with Gasteiger partial charge in [-0.1, -0.05) is 39.5 Å². The van der Waals surface area contributed by atoms with Gasteiger partial charge >= 0.3 is 0 Å². The van der Waals surface area contributed by atoms with Crippen molar-refractivity contribution in [1.82, 2.24) is 0 Å². The largest absolute Gasteiger partial charge is 0.173 e. The summed E-state index contributed by atoms with van der Waals surface area (Å²) in [4.78, 5) is 0. The molecule has 0 heterocycles. The molecule has 76 valence electrons. The lowest BCUT2D eigenvalue weighted by Gasteiger charge is -2.25. The minimum atomic E-state index is 0.261. The normalized spacial score (nSPS) is 40.4. The van der Waals surface area contributed by atoms with Gasteiger partial charge in [0.15, 0.2) is 0 Å². The zero-order valence-corrected chi connectivity index (χ0v) is 9.82. The van der Waals surface area contributed by atoms with Gasteiger partial charge in [-0.15, -0.1) is 0 Å². The van der Waals surface area contributed by atoms with Gasteiger partial charge in [0.25, 0.3) is 0 Å². The van der Waals surface area contributed by atoms with Crippen molar-refractivity contribution in [2.24, 2.45) is 17.8 Å². The van der Waals surface area contributed by atoms with Crippen LogP contribution in [0.3, 0.4) is 0 Å². The van der Waals surface area contributed by atoms with Crippen molar-refractivity contribution in [3.05, 3.63) is 0 Å². The highest BCUT2D eigenvalue weighted by molar-refractivity contribution is 7.81. The van der Waals surface area contributed by atoms with Crippen LogP contribution in [0.5, 0.6) is 0 Å². The molecule has 0 aromatic carbocycles. The summed E-state index contributed by atoms with van der Waals surface area (Å²) in [5, 5.41) is 0.